The summed E-state index contributed by atoms with van der Waals surface area (Å²) in [7, 11) is 0. The van der Waals surface area contributed by atoms with E-state index in [9.17, 15) is 0 Å². The lowest BCUT2D eigenvalue weighted by atomic mass is 10.1. The number of aliphatic hydroxyl groups is 1. The summed E-state index contributed by atoms with van der Waals surface area (Å²) >= 11 is 0. The van der Waals surface area contributed by atoms with Crippen LogP contribution >= 0.6 is 0 Å². The Labute approximate surface area is 95.5 Å². The SMILES string of the molecule is CC(O)CCNCc1ccc2cc[nH]c2c1. The number of hydrogen-bond acceptors (Lipinski definition) is 2. The van der Waals surface area contributed by atoms with Gasteiger partial charge in [0.05, 0.1) is 6.10 Å². The highest BCUT2D eigenvalue weighted by Crippen LogP contribution is 2.13. The molecule has 0 fully saturated rings. The molecule has 0 spiro atoms. The molecule has 0 saturated carbocycles. The molecule has 1 heterocycles. The van der Waals surface area contributed by atoms with E-state index in [0.717, 1.165) is 19.5 Å². The second-order valence-corrected chi connectivity index (χ2v) is 4.21. The van der Waals surface area contributed by atoms with E-state index >= 15 is 0 Å². The fraction of sp³-hybridized carbons (Fsp3) is 0.385. The molecule has 0 amide bonds. The van der Waals surface area contributed by atoms with Crippen molar-refractivity contribution in [3.63, 3.8) is 0 Å². The molecular weight excluding hydrogens is 200 g/mol. The van der Waals surface area contributed by atoms with E-state index < -0.39 is 0 Å². The molecule has 3 nitrogen and oxygen atoms in total. The molecule has 3 N–H and O–H groups in total. The maximum atomic E-state index is 9.12. The largest absolute Gasteiger partial charge is 0.393 e. The average Bonchev–Trinajstić information content (AvgIpc) is 2.71. The number of aromatic amines is 1. The molecule has 1 aromatic heterocycles. The number of H-pyrrole nitrogens is 1. The lowest BCUT2D eigenvalue weighted by Gasteiger charge is -2.06. The molecule has 0 aliphatic heterocycles. The minimum absolute atomic E-state index is 0.224. The second kappa shape index (κ2) is 5.14. The third-order valence-corrected chi connectivity index (χ3v) is 2.69. The fourth-order valence-electron chi connectivity index (χ4n) is 1.75. The van der Waals surface area contributed by atoms with Crippen LogP contribution in [0.3, 0.4) is 0 Å². The Morgan fingerprint density at radius 1 is 1.38 bits per heavy atom. The smallest absolute Gasteiger partial charge is 0.0524 e. The molecule has 3 heteroatoms. The van der Waals surface area contributed by atoms with Gasteiger partial charge in [-0.05, 0) is 43.0 Å². The van der Waals surface area contributed by atoms with E-state index in [2.05, 4.69) is 34.6 Å². The third kappa shape index (κ3) is 2.84. The van der Waals surface area contributed by atoms with Gasteiger partial charge in [0, 0.05) is 18.3 Å². The van der Waals surface area contributed by atoms with E-state index in [4.69, 9.17) is 5.11 Å². The van der Waals surface area contributed by atoms with E-state index in [1.54, 1.807) is 0 Å². The van der Waals surface area contributed by atoms with Gasteiger partial charge in [0.2, 0.25) is 0 Å². The van der Waals surface area contributed by atoms with Crippen molar-refractivity contribution in [2.45, 2.75) is 26.0 Å². The Hall–Kier alpha value is -1.32. The summed E-state index contributed by atoms with van der Waals surface area (Å²) < 4.78 is 0. The van der Waals surface area contributed by atoms with Crippen LogP contribution in [0.25, 0.3) is 10.9 Å². The molecule has 0 saturated heterocycles. The fourth-order valence-corrected chi connectivity index (χ4v) is 1.75. The molecule has 1 atom stereocenters. The summed E-state index contributed by atoms with van der Waals surface area (Å²) in [6, 6.07) is 8.48. The summed E-state index contributed by atoms with van der Waals surface area (Å²) in [5.41, 5.74) is 2.44. The zero-order chi connectivity index (χ0) is 11.4. The number of aliphatic hydroxyl groups excluding tert-OH is 1. The van der Waals surface area contributed by atoms with Crippen LogP contribution in [0.2, 0.25) is 0 Å². The van der Waals surface area contributed by atoms with Gasteiger partial charge in [-0.25, -0.2) is 0 Å². The molecule has 86 valence electrons. The van der Waals surface area contributed by atoms with Crippen LogP contribution in [0.1, 0.15) is 18.9 Å². The van der Waals surface area contributed by atoms with E-state index in [0.29, 0.717) is 0 Å². The Balaban J connectivity index is 1.89. The molecule has 0 radical (unpaired) electrons. The van der Waals surface area contributed by atoms with Crippen LogP contribution in [0.15, 0.2) is 30.5 Å². The Kier molecular flexibility index (Phi) is 3.59. The van der Waals surface area contributed by atoms with Gasteiger partial charge in [-0.15, -0.1) is 0 Å². The monoisotopic (exact) mass is 218 g/mol. The van der Waals surface area contributed by atoms with Crippen molar-refractivity contribution in [3.8, 4) is 0 Å². The zero-order valence-electron chi connectivity index (χ0n) is 9.53. The first-order valence-electron chi connectivity index (χ1n) is 5.70. The topological polar surface area (TPSA) is 48.0 Å². The molecule has 1 aromatic carbocycles. The molecule has 0 aliphatic rings. The Bertz CT molecular complexity index is 448. The minimum atomic E-state index is -0.224. The van der Waals surface area contributed by atoms with E-state index in [1.165, 1.54) is 16.5 Å². The zero-order valence-corrected chi connectivity index (χ0v) is 9.53. The van der Waals surface area contributed by atoms with Crippen molar-refractivity contribution < 1.29 is 5.11 Å². The third-order valence-electron chi connectivity index (χ3n) is 2.69. The first-order valence-corrected chi connectivity index (χ1v) is 5.70. The predicted molar refractivity (Wildman–Crippen MR) is 66.3 cm³/mol. The van der Waals surface area contributed by atoms with Gasteiger partial charge in [0.1, 0.15) is 0 Å². The quantitative estimate of drug-likeness (QED) is 0.672. The number of rotatable bonds is 5. The van der Waals surface area contributed by atoms with Crippen molar-refractivity contribution in [2.75, 3.05) is 6.54 Å². The summed E-state index contributed by atoms with van der Waals surface area (Å²) in [6.07, 6.45) is 2.53. The molecular formula is C13H18N2O. The number of hydrogen-bond donors (Lipinski definition) is 3. The summed E-state index contributed by atoms with van der Waals surface area (Å²) in [5.74, 6) is 0. The molecule has 2 rings (SSSR count). The lowest BCUT2D eigenvalue weighted by molar-refractivity contribution is 0.183. The van der Waals surface area contributed by atoms with Gasteiger partial charge >= 0.3 is 0 Å². The maximum Gasteiger partial charge on any atom is 0.0524 e. The van der Waals surface area contributed by atoms with Crippen molar-refractivity contribution in [1.82, 2.24) is 10.3 Å². The van der Waals surface area contributed by atoms with Gasteiger partial charge in [-0.1, -0.05) is 12.1 Å². The highest BCUT2D eigenvalue weighted by molar-refractivity contribution is 5.79. The standard InChI is InChI=1S/C13H18N2O/c1-10(16)4-6-14-9-11-2-3-12-5-7-15-13(12)8-11/h2-3,5,7-8,10,14-16H,4,6,9H2,1H3. The highest BCUT2D eigenvalue weighted by Gasteiger charge is 1.98. The molecule has 0 aliphatic carbocycles. The van der Waals surface area contributed by atoms with Crippen molar-refractivity contribution >= 4 is 10.9 Å². The Morgan fingerprint density at radius 2 is 2.25 bits per heavy atom. The first kappa shape index (κ1) is 11.2. The number of benzene rings is 1. The van der Waals surface area contributed by atoms with Crippen LogP contribution in [-0.2, 0) is 6.54 Å². The van der Waals surface area contributed by atoms with Crippen LogP contribution in [0, 0.1) is 0 Å². The van der Waals surface area contributed by atoms with E-state index in [1.807, 2.05) is 13.1 Å². The molecule has 2 aromatic rings. The number of nitrogens with one attached hydrogen (secondary N) is 2. The van der Waals surface area contributed by atoms with Gasteiger partial charge in [-0.3, -0.25) is 0 Å². The van der Waals surface area contributed by atoms with Crippen molar-refractivity contribution in [3.05, 3.63) is 36.0 Å². The van der Waals surface area contributed by atoms with Gasteiger partial charge in [0.25, 0.3) is 0 Å². The summed E-state index contributed by atoms with van der Waals surface area (Å²) in [6.45, 7) is 3.51. The van der Waals surface area contributed by atoms with Crippen molar-refractivity contribution in [2.24, 2.45) is 0 Å². The first-order chi connectivity index (χ1) is 7.75. The Morgan fingerprint density at radius 3 is 3.06 bits per heavy atom. The minimum Gasteiger partial charge on any atom is -0.393 e. The predicted octanol–water partition coefficient (Wildman–Crippen LogP) is 2.03. The second-order valence-electron chi connectivity index (χ2n) is 4.21. The van der Waals surface area contributed by atoms with Crippen molar-refractivity contribution in [1.29, 1.82) is 0 Å². The van der Waals surface area contributed by atoms with Crippen LogP contribution in [0.5, 0.6) is 0 Å². The van der Waals surface area contributed by atoms with Gasteiger partial charge in [0.15, 0.2) is 0 Å². The maximum absolute atomic E-state index is 9.12. The molecule has 0 bridgehead atoms. The van der Waals surface area contributed by atoms with Crippen LogP contribution in [-0.4, -0.2) is 22.7 Å². The normalized spacial score (nSPS) is 13.1. The molecule has 1 unspecified atom stereocenters. The molecule has 16 heavy (non-hydrogen) atoms. The lowest BCUT2D eigenvalue weighted by Crippen LogP contribution is -2.18. The summed E-state index contributed by atoms with van der Waals surface area (Å²) in [5, 5.41) is 13.7. The van der Waals surface area contributed by atoms with E-state index in [-0.39, 0.29) is 6.10 Å². The van der Waals surface area contributed by atoms with Crippen LogP contribution < -0.4 is 5.32 Å². The number of aromatic nitrogens is 1. The van der Waals surface area contributed by atoms with Gasteiger partial charge in [-0.2, -0.15) is 0 Å². The van der Waals surface area contributed by atoms with Gasteiger partial charge < -0.3 is 15.4 Å². The average molecular weight is 218 g/mol. The number of fused-ring (bicyclic) bond motifs is 1. The van der Waals surface area contributed by atoms with Crippen LogP contribution in [0.4, 0.5) is 0 Å². The summed E-state index contributed by atoms with van der Waals surface area (Å²) in [4.78, 5) is 3.20. The highest BCUT2D eigenvalue weighted by atomic mass is 16.3.